The summed E-state index contributed by atoms with van der Waals surface area (Å²) >= 11 is 0. The number of benzene rings is 9. The SMILES string of the molecule is C1=c2c(-c3ccc4ccccc4c3)c3ccc(-c4ccc(CNc5ccccc5Nc5ccccc5)cc4)cc3c(-c3ccc4ccccc4c3)c2=CCC1. The van der Waals surface area contributed by atoms with Crippen molar-refractivity contribution in [2.24, 2.45) is 0 Å². The summed E-state index contributed by atoms with van der Waals surface area (Å²) in [7, 11) is 0. The van der Waals surface area contributed by atoms with Gasteiger partial charge in [-0.15, -0.1) is 0 Å². The third-order valence-electron chi connectivity index (χ3n) is 11.1. The van der Waals surface area contributed by atoms with Crippen molar-refractivity contribution in [1.29, 1.82) is 0 Å². The molecule has 0 spiro atoms. The monoisotopic (exact) mass is 704 g/mol. The molecular weight excluding hydrogens is 665 g/mol. The Hall–Kier alpha value is -6.90. The Morgan fingerprint density at radius 2 is 0.909 bits per heavy atom. The molecule has 0 saturated heterocycles. The standard InChI is InChI=1S/C53H40N2/c1-2-16-45(17-3-1)55-51-21-11-10-20-50(51)54-35-36-22-24-39(25-23-36)42-30-31-48-49(34-42)53(44-29-27-38-13-5-7-15-41(38)33-44)47-19-9-8-18-46(47)52(48)43-28-26-37-12-4-6-14-40(37)32-43/h1-7,10-34,54-55H,8-9,35H2. The van der Waals surface area contributed by atoms with Crippen LogP contribution in [0.4, 0.5) is 17.1 Å². The average Bonchev–Trinajstić information content (AvgIpc) is 3.25. The first kappa shape index (κ1) is 32.7. The normalized spacial score (nSPS) is 12.2. The van der Waals surface area contributed by atoms with Crippen LogP contribution in [0.3, 0.4) is 0 Å². The molecule has 10 rings (SSSR count). The third-order valence-corrected chi connectivity index (χ3v) is 11.1. The van der Waals surface area contributed by atoms with Gasteiger partial charge in [0.15, 0.2) is 0 Å². The first-order valence-corrected chi connectivity index (χ1v) is 19.3. The molecule has 0 unspecified atom stereocenters. The lowest BCUT2D eigenvalue weighted by atomic mass is 9.84. The van der Waals surface area contributed by atoms with Crippen molar-refractivity contribution >= 4 is 61.5 Å². The van der Waals surface area contributed by atoms with Gasteiger partial charge in [0.1, 0.15) is 0 Å². The number of anilines is 3. The van der Waals surface area contributed by atoms with Gasteiger partial charge in [0, 0.05) is 12.2 Å². The largest absolute Gasteiger partial charge is 0.379 e. The van der Waals surface area contributed by atoms with E-state index in [1.807, 2.05) is 18.2 Å². The Morgan fingerprint density at radius 1 is 0.382 bits per heavy atom. The van der Waals surface area contributed by atoms with Gasteiger partial charge < -0.3 is 10.6 Å². The molecule has 9 aromatic carbocycles. The molecule has 0 heterocycles. The van der Waals surface area contributed by atoms with Crippen LogP contribution >= 0.6 is 0 Å². The zero-order valence-corrected chi connectivity index (χ0v) is 30.6. The molecule has 2 N–H and O–H groups in total. The van der Waals surface area contributed by atoms with Crippen LogP contribution in [-0.4, -0.2) is 0 Å². The van der Waals surface area contributed by atoms with Crippen LogP contribution in [-0.2, 0) is 6.54 Å². The van der Waals surface area contributed by atoms with Crippen molar-refractivity contribution in [2.75, 3.05) is 10.6 Å². The molecule has 0 bridgehead atoms. The summed E-state index contributed by atoms with van der Waals surface area (Å²) in [5, 5.41) is 17.5. The highest BCUT2D eigenvalue weighted by molar-refractivity contribution is 6.09. The summed E-state index contributed by atoms with van der Waals surface area (Å²) < 4.78 is 0. The molecule has 0 aromatic heterocycles. The maximum atomic E-state index is 3.66. The fraction of sp³-hybridized carbons (Fsp3) is 0.0566. The Kier molecular flexibility index (Phi) is 8.42. The number of hydrogen-bond acceptors (Lipinski definition) is 2. The number of fused-ring (bicyclic) bond motifs is 4. The molecule has 2 heteroatoms. The predicted molar refractivity (Wildman–Crippen MR) is 236 cm³/mol. The molecule has 0 atom stereocenters. The smallest absolute Gasteiger partial charge is 0.0620 e. The van der Waals surface area contributed by atoms with Crippen molar-refractivity contribution in [1.82, 2.24) is 0 Å². The van der Waals surface area contributed by atoms with Crippen LogP contribution in [0, 0.1) is 0 Å². The van der Waals surface area contributed by atoms with E-state index in [9.17, 15) is 0 Å². The molecule has 0 radical (unpaired) electrons. The minimum Gasteiger partial charge on any atom is -0.379 e. The van der Waals surface area contributed by atoms with Crippen LogP contribution in [0.5, 0.6) is 0 Å². The Labute approximate surface area is 321 Å². The first-order valence-electron chi connectivity index (χ1n) is 19.3. The maximum absolute atomic E-state index is 3.66. The minimum atomic E-state index is 0.727. The molecule has 9 aromatic rings. The molecule has 262 valence electrons. The number of para-hydroxylation sites is 3. The summed E-state index contributed by atoms with van der Waals surface area (Å²) in [6.07, 6.45) is 7.04. The van der Waals surface area contributed by atoms with Gasteiger partial charge in [0.05, 0.1) is 11.4 Å². The molecule has 1 aliphatic carbocycles. The van der Waals surface area contributed by atoms with E-state index in [1.165, 1.54) is 81.7 Å². The second kappa shape index (κ2) is 14.2. The maximum Gasteiger partial charge on any atom is 0.0620 e. The fourth-order valence-corrected chi connectivity index (χ4v) is 8.33. The second-order valence-electron chi connectivity index (χ2n) is 14.5. The van der Waals surface area contributed by atoms with Crippen LogP contribution < -0.4 is 21.1 Å². The zero-order chi connectivity index (χ0) is 36.6. The van der Waals surface area contributed by atoms with E-state index in [-0.39, 0.29) is 0 Å². The van der Waals surface area contributed by atoms with Gasteiger partial charge in [-0.3, -0.25) is 0 Å². The van der Waals surface area contributed by atoms with Crippen molar-refractivity contribution < 1.29 is 0 Å². The highest BCUT2D eigenvalue weighted by Gasteiger charge is 2.18. The van der Waals surface area contributed by atoms with Crippen LogP contribution in [0.25, 0.3) is 77.9 Å². The Balaban J connectivity index is 1.07. The molecule has 55 heavy (non-hydrogen) atoms. The molecule has 0 amide bonds. The number of rotatable bonds is 8. The highest BCUT2D eigenvalue weighted by atomic mass is 15.0. The first-order chi connectivity index (χ1) is 27.2. The lowest BCUT2D eigenvalue weighted by Crippen LogP contribution is -2.31. The fourth-order valence-electron chi connectivity index (χ4n) is 8.33. The molecular formula is C53H40N2. The lowest BCUT2D eigenvalue weighted by molar-refractivity contribution is 1.12. The summed E-state index contributed by atoms with van der Waals surface area (Å²) in [5.74, 6) is 0. The van der Waals surface area contributed by atoms with Gasteiger partial charge >= 0.3 is 0 Å². The average molecular weight is 705 g/mol. The second-order valence-corrected chi connectivity index (χ2v) is 14.5. The third kappa shape index (κ3) is 6.32. The van der Waals surface area contributed by atoms with E-state index in [1.54, 1.807) is 0 Å². The minimum absolute atomic E-state index is 0.727. The quantitative estimate of drug-likeness (QED) is 0.165. The van der Waals surface area contributed by atoms with Crippen molar-refractivity contribution in [3.05, 3.63) is 198 Å². The molecule has 2 nitrogen and oxygen atoms in total. The summed E-state index contributed by atoms with van der Waals surface area (Å²) in [5.41, 5.74) is 12.0. The Morgan fingerprint density at radius 3 is 1.56 bits per heavy atom. The van der Waals surface area contributed by atoms with Crippen molar-refractivity contribution in [3.8, 4) is 33.4 Å². The lowest BCUT2D eigenvalue weighted by Gasteiger charge is -2.19. The summed E-state index contributed by atoms with van der Waals surface area (Å²) in [6.45, 7) is 0.727. The van der Waals surface area contributed by atoms with E-state index in [4.69, 9.17) is 0 Å². The van der Waals surface area contributed by atoms with Gasteiger partial charge in [0.25, 0.3) is 0 Å². The van der Waals surface area contributed by atoms with E-state index >= 15 is 0 Å². The van der Waals surface area contributed by atoms with Gasteiger partial charge in [-0.2, -0.15) is 0 Å². The highest BCUT2D eigenvalue weighted by Crippen LogP contribution is 2.37. The predicted octanol–water partition coefficient (Wildman–Crippen LogP) is 12.9. The van der Waals surface area contributed by atoms with E-state index in [0.29, 0.717) is 0 Å². The summed E-state index contributed by atoms with van der Waals surface area (Å²) in [6, 6.07) is 66.2. The summed E-state index contributed by atoms with van der Waals surface area (Å²) in [4.78, 5) is 0. The van der Waals surface area contributed by atoms with E-state index < -0.39 is 0 Å². The Bertz CT molecular complexity index is 3000. The van der Waals surface area contributed by atoms with Crippen LogP contribution in [0.15, 0.2) is 182 Å². The van der Waals surface area contributed by atoms with E-state index in [0.717, 1.165) is 36.4 Å². The van der Waals surface area contributed by atoms with Gasteiger partial charge in [-0.05, 0) is 137 Å². The van der Waals surface area contributed by atoms with Gasteiger partial charge in [-0.1, -0.05) is 152 Å². The van der Waals surface area contributed by atoms with E-state index in [2.05, 4.69) is 187 Å². The van der Waals surface area contributed by atoms with Crippen LogP contribution in [0.1, 0.15) is 18.4 Å². The molecule has 1 aliphatic rings. The zero-order valence-electron chi connectivity index (χ0n) is 30.6. The van der Waals surface area contributed by atoms with Gasteiger partial charge in [-0.25, -0.2) is 0 Å². The molecule has 0 saturated carbocycles. The molecule has 0 aliphatic heterocycles. The van der Waals surface area contributed by atoms with Crippen molar-refractivity contribution in [3.63, 3.8) is 0 Å². The van der Waals surface area contributed by atoms with Gasteiger partial charge in [0.2, 0.25) is 0 Å². The topological polar surface area (TPSA) is 24.1 Å². The van der Waals surface area contributed by atoms with Crippen molar-refractivity contribution in [2.45, 2.75) is 19.4 Å². The molecule has 0 fully saturated rings. The number of hydrogen-bond donors (Lipinski definition) is 2. The number of nitrogens with one attached hydrogen (secondary N) is 2. The van der Waals surface area contributed by atoms with Crippen LogP contribution in [0.2, 0.25) is 0 Å².